The minimum absolute atomic E-state index is 0.103. The molecule has 1 fully saturated rings. The maximum absolute atomic E-state index is 12.2. The second-order valence-electron chi connectivity index (χ2n) is 5.72. The Balaban J connectivity index is 1.67. The van der Waals surface area contributed by atoms with Gasteiger partial charge in [-0.3, -0.25) is 0 Å². The van der Waals surface area contributed by atoms with Crippen LogP contribution in [-0.2, 0) is 10.0 Å². The molecule has 1 aliphatic rings. The quantitative estimate of drug-likeness (QED) is 0.856. The van der Waals surface area contributed by atoms with Gasteiger partial charge < -0.3 is 8.83 Å². The van der Waals surface area contributed by atoms with Crippen molar-refractivity contribution in [1.82, 2.24) is 14.5 Å². The summed E-state index contributed by atoms with van der Waals surface area (Å²) in [4.78, 5) is 0. The molecule has 1 saturated heterocycles. The van der Waals surface area contributed by atoms with Crippen LogP contribution in [0.3, 0.4) is 0 Å². The molecule has 2 aromatic heterocycles. The van der Waals surface area contributed by atoms with Gasteiger partial charge in [0.15, 0.2) is 0 Å². The van der Waals surface area contributed by atoms with Gasteiger partial charge in [-0.25, -0.2) is 12.7 Å². The van der Waals surface area contributed by atoms with Gasteiger partial charge in [-0.1, -0.05) is 0 Å². The molecule has 0 atom stereocenters. The number of rotatable bonds is 4. The molecular formula is C14H19N3O4S. The fourth-order valence-electron chi connectivity index (χ4n) is 2.56. The molecule has 3 heterocycles. The lowest BCUT2D eigenvalue weighted by molar-refractivity contribution is 0.290. The van der Waals surface area contributed by atoms with E-state index in [1.165, 1.54) is 0 Å². The third-order valence-corrected chi connectivity index (χ3v) is 6.24. The molecule has 0 bridgehead atoms. The normalized spacial score (nSPS) is 18.1. The molecule has 3 rings (SSSR count). The van der Waals surface area contributed by atoms with E-state index in [0.29, 0.717) is 37.7 Å². The Morgan fingerprint density at radius 3 is 2.59 bits per heavy atom. The second-order valence-corrected chi connectivity index (χ2v) is 8.21. The SMILES string of the molecule is CC(C)S(=O)(=O)N1CCC(c2nnc(-c3ccoc3)o2)CC1. The van der Waals surface area contributed by atoms with Gasteiger partial charge in [0, 0.05) is 19.0 Å². The Bertz CT molecular complexity index is 713. The van der Waals surface area contributed by atoms with Crippen molar-refractivity contribution in [2.45, 2.75) is 37.9 Å². The topological polar surface area (TPSA) is 89.4 Å². The lowest BCUT2D eigenvalue weighted by Gasteiger charge is -2.30. The molecule has 22 heavy (non-hydrogen) atoms. The van der Waals surface area contributed by atoms with Crippen LogP contribution in [0.15, 0.2) is 27.4 Å². The smallest absolute Gasteiger partial charge is 0.250 e. The number of aromatic nitrogens is 2. The highest BCUT2D eigenvalue weighted by Crippen LogP contribution is 2.30. The Morgan fingerprint density at radius 1 is 1.27 bits per heavy atom. The Morgan fingerprint density at radius 2 is 2.00 bits per heavy atom. The highest BCUT2D eigenvalue weighted by atomic mass is 32.2. The maximum Gasteiger partial charge on any atom is 0.250 e. The summed E-state index contributed by atoms with van der Waals surface area (Å²) in [5.41, 5.74) is 0.749. The summed E-state index contributed by atoms with van der Waals surface area (Å²) in [5.74, 6) is 1.10. The Hall–Kier alpha value is -1.67. The second kappa shape index (κ2) is 5.85. The molecule has 0 N–H and O–H groups in total. The van der Waals surface area contributed by atoms with Gasteiger partial charge >= 0.3 is 0 Å². The molecule has 8 heteroatoms. The lowest BCUT2D eigenvalue weighted by atomic mass is 9.98. The molecule has 7 nitrogen and oxygen atoms in total. The largest absolute Gasteiger partial charge is 0.472 e. The monoisotopic (exact) mass is 325 g/mol. The van der Waals surface area contributed by atoms with E-state index in [1.54, 1.807) is 36.7 Å². The van der Waals surface area contributed by atoms with Crippen molar-refractivity contribution in [3.8, 4) is 11.5 Å². The molecule has 0 aliphatic carbocycles. The van der Waals surface area contributed by atoms with E-state index in [1.807, 2.05) is 0 Å². The van der Waals surface area contributed by atoms with E-state index in [4.69, 9.17) is 8.83 Å². The number of sulfonamides is 1. The Labute approximate surface area is 129 Å². The first kappa shape index (κ1) is 15.2. The summed E-state index contributed by atoms with van der Waals surface area (Å²) in [5, 5.41) is 7.72. The molecule has 2 aromatic rings. The number of furan rings is 1. The molecule has 0 spiro atoms. The van der Waals surface area contributed by atoms with Gasteiger partial charge in [0.1, 0.15) is 6.26 Å². The minimum atomic E-state index is -3.18. The van der Waals surface area contributed by atoms with Crippen LogP contribution in [0.1, 0.15) is 38.5 Å². The van der Waals surface area contributed by atoms with Crippen LogP contribution in [0.25, 0.3) is 11.5 Å². The Kier molecular flexibility index (Phi) is 4.05. The predicted octanol–water partition coefficient (Wildman–Crippen LogP) is 2.25. The van der Waals surface area contributed by atoms with Crippen LogP contribution in [-0.4, -0.2) is 41.3 Å². The zero-order chi connectivity index (χ0) is 15.7. The maximum atomic E-state index is 12.2. The van der Waals surface area contributed by atoms with Crippen LogP contribution in [0.4, 0.5) is 0 Å². The molecule has 0 aromatic carbocycles. The van der Waals surface area contributed by atoms with Gasteiger partial charge in [-0.15, -0.1) is 10.2 Å². The lowest BCUT2D eigenvalue weighted by Crippen LogP contribution is -2.41. The number of piperidine rings is 1. The first-order valence-electron chi connectivity index (χ1n) is 7.33. The van der Waals surface area contributed by atoms with E-state index in [-0.39, 0.29) is 11.2 Å². The molecule has 1 aliphatic heterocycles. The zero-order valence-electron chi connectivity index (χ0n) is 12.6. The van der Waals surface area contributed by atoms with E-state index < -0.39 is 10.0 Å². The summed E-state index contributed by atoms with van der Waals surface area (Å²) in [7, 11) is -3.18. The molecule has 0 amide bonds. The fourth-order valence-corrected chi connectivity index (χ4v) is 3.87. The van der Waals surface area contributed by atoms with Crippen LogP contribution in [0.5, 0.6) is 0 Å². The van der Waals surface area contributed by atoms with Gasteiger partial charge in [0.25, 0.3) is 5.89 Å². The highest BCUT2D eigenvalue weighted by molar-refractivity contribution is 7.89. The molecule has 120 valence electrons. The van der Waals surface area contributed by atoms with Crippen molar-refractivity contribution < 1.29 is 17.3 Å². The van der Waals surface area contributed by atoms with E-state index in [0.717, 1.165) is 5.56 Å². The van der Waals surface area contributed by atoms with Crippen molar-refractivity contribution in [1.29, 1.82) is 0 Å². The molecule has 0 unspecified atom stereocenters. The fraction of sp³-hybridized carbons (Fsp3) is 0.571. The number of hydrogen-bond donors (Lipinski definition) is 0. The summed E-state index contributed by atoms with van der Waals surface area (Å²) in [6.45, 7) is 4.40. The average molecular weight is 325 g/mol. The van der Waals surface area contributed by atoms with Crippen molar-refractivity contribution >= 4 is 10.0 Å². The molecular weight excluding hydrogens is 306 g/mol. The minimum Gasteiger partial charge on any atom is -0.472 e. The summed E-state index contributed by atoms with van der Waals surface area (Å²) >= 11 is 0. The summed E-state index contributed by atoms with van der Waals surface area (Å²) < 4.78 is 36.5. The third-order valence-electron chi connectivity index (χ3n) is 3.97. The van der Waals surface area contributed by atoms with Crippen LogP contribution in [0, 0.1) is 0 Å². The third kappa shape index (κ3) is 2.80. The molecule has 0 saturated carbocycles. The number of nitrogens with zero attached hydrogens (tertiary/aromatic N) is 3. The predicted molar refractivity (Wildman–Crippen MR) is 79.6 cm³/mol. The van der Waals surface area contributed by atoms with Crippen molar-refractivity contribution in [2.24, 2.45) is 0 Å². The van der Waals surface area contributed by atoms with Gasteiger partial charge in [0.05, 0.1) is 17.1 Å². The van der Waals surface area contributed by atoms with E-state index in [2.05, 4.69) is 10.2 Å². The van der Waals surface area contributed by atoms with Gasteiger partial charge in [-0.2, -0.15) is 0 Å². The molecule has 0 radical (unpaired) electrons. The highest BCUT2D eigenvalue weighted by Gasteiger charge is 2.32. The van der Waals surface area contributed by atoms with Gasteiger partial charge in [-0.05, 0) is 32.8 Å². The van der Waals surface area contributed by atoms with Crippen LogP contribution < -0.4 is 0 Å². The van der Waals surface area contributed by atoms with E-state index >= 15 is 0 Å². The van der Waals surface area contributed by atoms with E-state index in [9.17, 15) is 8.42 Å². The van der Waals surface area contributed by atoms with Crippen molar-refractivity contribution in [3.05, 3.63) is 24.5 Å². The average Bonchev–Trinajstić information content (AvgIpc) is 3.18. The van der Waals surface area contributed by atoms with Crippen LogP contribution in [0.2, 0.25) is 0 Å². The zero-order valence-corrected chi connectivity index (χ0v) is 13.4. The standard InChI is InChI=1S/C14H19N3O4S/c1-10(2)22(18,19)17-6-3-11(4-7-17)13-15-16-14(21-13)12-5-8-20-9-12/h5,8-11H,3-4,6-7H2,1-2H3. The van der Waals surface area contributed by atoms with Crippen molar-refractivity contribution in [3.63, 3.8) is 0 Å². The van der Waals surface area contributed by atoms with Crippen LogP contribution >= 0.6 is 0 Å². The first-order valence-corrected chi connectivity index (χ1v) is 8.83. The summed E-state index contributed by atoms with van der Waals surface area (Å²) in [6, 6.07) is 1.76. The first-order chi connectivity index (χ1) is 10.5. The number of hydrogen-bond acceptors (Lipinski definition) is 6. The summed E-state index contributed by atoms with van der Waals surface area (Å²) in [6.07, 6.45) is 4.49. The van der Waals surface area contributed by atoms with Gasteiger partial charge in [0.2, 0.25) is 15.9 Å². The van der Waals surface area contributed by atoms with Crippen molar-refractivity contribution in [2.75, 3.05) is 13.1 Å².